The molecule has 3 heterocycles. The van der Waals surface area contributed by atoms with Crippen molar-refractivity contribution >= 4 is 36.4 Å². The molecule has 2 aliphatic rings. The lowest BCUT2D eigenvalue weighted by Gasteiger charge is -2.29. The number of carbonyl (C=O) groups is 1. The third kappa shape index (κ3) is 6.82. The van der Waals surface area contributed by atoms with E-state index in [1.165, 1.54) is 11.6 Å². The molecule has 0 bridgehead atoms. The number of nitrogens with one attached hydrogen (secondary N) is 2. The molecule has 10 heteroatoms. The molecule has 41 heavy (non-hydrogen) atoms. The average molecular weight is 567 g/mol. The normalized spacial score (nSPS) is 18.2. The molecule has 1 aromatic carbocycles. The van der Waals surface area contributed by atoms with Gasteiger partial charge in [0, 0.05) is 50.3 Å². The van der Waals surface area contributed by atoms with Crippen LogP contribution >= 0.6 is 0 Å². The first-order valence-corrected chi connectivity index (χ1v) is 17.3. The Morgan fingerprint density at radius 2 is 2.17 bits per heavy atom. The fourth-order valence-electron chi connectivity index (χ4n) is 4.55. The van der Waals surface area contributed by atoms with Gasteiger partial charge in [-0.2, -0.15) is 5.26 Å². The minimum Gasteiger partial charge on any atom is -0.437 e. The van der Waals surface area contributed by atoms with Gasteiger partial charge in [0.2, 0.25) is 11.8 Å². The van der Waals surface area contributed by atoms with E-state index in [0.29, 0.717) is 41.8 Å². The quantitative estimate of drug-likeness (QED) is 0.172. The van der Waals surface area contributed by atoms with Gasteiger partial charge < -0.3 is 24.7 Å². The molecule has 2 aromatic heterocycles. The van der Waals surface area contributed by atoms with Crippen LogP contribution in [0.15, 0.2) is 78.8 Å². The minimum atomic E-state index is -1.20. The number of carbonyl (C=O) groups excluding carboxylic acids is 1. The number of aromatic nitrogens is 3. The summed E-state index contributed by atoms with van der Waals surface area (Å²) in [7, 11) is -1.20. The first kappa shape index (κ1) is 28.1. The Morgan fingerprint density at radius 3 is 2.88 bits per heavy atom. The predicted molar refractivity (Wildman–Crippen MR) is 163 cm³/mol. The lowest BCUT2D eigenvalue weighted by Crippen LogP contribution is -2.40. The number of hydrogen-bond donors (Lipinski definition) is 2. The molecule has 1 aliphatic heterocycles. The molecule has 0 radical (unpaired) electrons. The van der Waals surface area contributed by atoms with Crippen LogP contribution in [0.1, 0.15) is 18.4 Å². The number of rotatable bonds is 10. The smallest absolute Gasteiger partial charge is 0.247 e. The first-order chi connectivity index (χ1) is 19.7. The molecule has 0 saturated carbocycles. The Labute approximate surface area is 240 Å². The van der Waals surface area contributed by atoms with Crippen molar-refractivity contribution in [2.24, 2.45) is 0 Å². The van der Waals surface area contributed by atoms with E-state index in [2.05, 4.69) is 61.2 Å². The molecule has 1 fully saturated rings. The second-order valence-electron chi connectivity index (χ2n) is 11.3. The first-order valence-electron chi connectivity index (χ1n) is 13.6. The third-order valence-electron chi connectivity index (χ3n) is 6.90. The lowest BCUT2D eigenvalue weighted by atomic mass is 9.92. The Bertz CT molecular complexity index is 1610. The zero-order valence-corrected chi connectivity index (χ0v) is 24.6. The minimum absolute atomic E-state index is 0.0946. The van der Waals surface area contributed by atoms with Crippen LogP contribution in [0, 0.1) is 11.3 Å². The molecular weight excluding hydrogens is 532 g/mol. The van der Waals surface area contributed by atoms with Crippen LogP contribution in [0.5, 0.6) is 11.6 Å². The number of hydrogen-bond acceptors (Lipinski definition) is 7. The number of amides is 1. The summed E-state index contributed by atoms with van der Waals surface area (Å²) in [5.41, 5.74) is 6.32. The zero-order valence-electron chi connectivity index (χ0n) is 23.6. The molecule has 1 aliphatic carbocycles. The van der Waals surface area contributed by atoms with E-state index in [1.54, 1.807) is 30.5 Å². The molecule has 1 amide bonds. The van der Waals surface area contributed by atoms with Gasteiger partial charge in [-0.3, -0.25) is 4.79 Å². The zero-order chi connectivity index (χ0) is 29.0. The van der Waals surface area contributed by atoms with E-state index in [1.807, 2.05) is 10.8 Å². The highest BCUT2D eigenvalue weighted by Crippen LogP contribution is 2.34. The largest absolute Gasteiger partial charge is 0.437 e. The molecule has 3 aromatic rings. The number of anilines is 1. The summed E-state index contributed by atoms with van der Waals surface area (Å²) in [4.78, 5) is 21.3. The lowest BCUT2D eigenvalue weighted by molar-refractivity contribution is -0.111. The maximum Gasteiger partial charge on any atom is 0.247 e. The van der Waals surface area contributed by atoms with E-state index < -0.39 is 8.07 Å². The van der Waals surface area contributed by atoms with Gasteiger partial charge in [0.25, 0.3) is 0 Å². The topological polar surface area (TPSA) is 114 Å². The summed E-state index contributed by atoms with van der Waals surface area (Å²) in [5, 5.41) is 15.0. The van der Waals surface area contributed by atoms with E-state index >= 15 is 0 Å². The Hall–Kier alpha value is -4.46. The summed E-state index contributed by atoms with van der Waals surface area (Å²) in [6, 6.07) is 10.3. The van der Waals surface area contributed by atoms with Crippen molar-refractivity contribution in [2.45, 2.75) is 51.3 Å². The van der Waals surface area contributed by atoms with Crippen LogP contribution in [-0.2, 0) is 16.3 Å². The number of allylic oxidation sites excluding steroid dienone is 5. The summed E-state index contributed by atoms with van der Waals surface area (Å²) in [6.07, 6.45) is 12.7. The summed E-state index contributed by atoms with van der Waals surface area (Å²) >= 11 is 0. The highest BCUT2D eigenvalue weighted by molar-refractivity contribution is 6.76. The Morgan fingerprint density at radius 1 is 1.34 bits per heavy atom. The Kier molecular flexibility index (Phi) is 8.19. The monoisotopic (exact) mass is 566 g/mol. The summed E-state index contributed by atoms with van der Waals surface area (Å²) < 4.78 is 14.1. The van der Waals surface area contributed by atoms with Crippen LogP contribution in [0.3, 0.4) is 0 Å². The van der Waals surface area contributed by atoms with Crippen molar-refractivity contribution in [3.63, 3.8) is 0 Å². The molecular formula is C31H34N6O3Si. The molecule has 0 spiro atoms. The fourth-order valence-corrected chi connectivity index (χ4v) is 5.31. The van der Waals surface area contributed by atoms with Crippen LogP contribution in [0.2, 0.25) is 25.7 Å². The number of nitriles is 1. The van der Waals surface area contributed by atoms with Crippen LogP contribution < -0.4 is 15.4 Å². The summed E-state index contributed by atoms with van der Waals surface area (Å²) in [6.45, 7) is 11.6. The van der Waals surface area contributed by atoms with E-state index in [-0.39, 0.29) is 11.9 Å². The van der Waals surface area contributed by atoms with Gasteiger partial charge in [0.05, 0.1) is 12.3 Å². The predicted octanol–water partition coefficient (Wildman–Crippen LogP) is 6.14. The van der Waals surface area contributed by atoms with Gasteiger partial charge in [-0.15, -0.1) is 0 Å². The van der Waals surface area contributed by atoms with Gasteiger partial charge in [-0.05, 0) is 41.8 Å². The highest BCUT2D eigenvalue weighted by Gasteiger charge is 2.25. The van der Waals surface area contributed by atoms with E-state index in [4.69, 9.17) is 24.7 Å². The van der Waals surface area contributed by atoms with E-state index in [9.17, 15) is 4.79 Å². The molecule has 5 rings (SSSR count). The van der Waals surface area contributed by atoms with Crippen molar-refractivity contribution in [1.82, 2.24) is 19.9 Å². The number of ether oxygens (including phenoxy) is 2. The second-order valence-corrected chi connectivity index (χ2v) is 16.9. The van der Waals surface area contributed by atoms with Crippen LogP contribution in [0.25, 0.3) is 16.7 Å². The third-order valence-corrected chi connectivity index (χ3v) is 8.60. The molecule has 1 atom stereocenters. The second kappa shape index (κ2) is 12.0. The van der Waals surface area contributed by atoms with Crippen molar-refractivity contribution in [1.29, 1.82) is 5.26 Å². The molecule has 2 N–H and O–H groups in total. The molecule has 1 unspecified atom stereocenters. The maximum atomic E-state index is 11.7. The number of fused-ring (bicyclic) bond motifs is 1. The summed E-state index contributed by atoms with van der Waals surface area (Å²) in [5.74, 6) is 0.563. The van der Waals surface area contributed by atoms with Crippen LogP contribution in [0.4, 0.5) is 5.69 Å². The number of nitrogens with zero attached hydrogens (tertiary/aromatic N) is 4. The van der Waals surface area contributed by atoms with Gasteiger partial charge in [-0.25, -0.2) is 9.97 Å². The molecule has 9 nitrogen and oxygen atoms in total. The average Bonchev–Trinajstić information content (AvgIpc) is 3.28. The maximum absolute atomic E-state index is 11.7. The highest BCUT2D eigenvalue weighted by atomic mass is 28.3. The molecule has 1 saturated heterocycles. The van der Waals surface area contributed by atoms with Crippen molar-refractivity contribution in [2.75, 3.05) is 11.9 Å². The molecule has 210 valence electrons. The van der Waals surface area contributed by atoms with Gasteiger partial charge in [-0.1, -0.05) is 50.5 Å². The van der Waals surface area contributed by atoms with Gasteiger partial charge in [0.15, 0.2) is 5.65 Å². The Balaban J connectivity index is 1.42. The van der Waals surface area contributed by atoms with Crippen LogP contribution in [-0.4, -0.2) is 41.2 Å². The van der Waals surface area contributed by atoms with Crippen molar-refractivity contribution < 1.29 is 14.3 Å². The van der Waals surface area contributed by atoms with Gasteiger partial charge in [0.1, 0.15) is 24.0 Å². The van der Waals surface area contributed by atoms with E-state index in [0.717, 1.165) is 35.7 Å². The standard InChI is InChI=1S/C31H34N6O3Si/c1-5-28(38)35-23-7-6-8-25(15-23)40-29-18-33-31-30(36-29)26(19-37(31)20-39-13-14-41(2,3)4)21-9-11-22(12-10-21)27-16-24(17-32)34-27/h5-11,15,18-19,24,34H,1,12-14,16,20H2,2-4H3,(H,35,38). The SMILES string of the molecule is C=CC(=O)Nc1cccc(Oc2cnc3c(n2)c(C2=CCC(=C4CC(C#N)N4)C=C2)cn3COCC[Si](C)(C)C)c1. The number of benzene rings is 1. The van der Waals surface area contributed by atoms with Crippen molar-refractivity contribution in [3.05, 3.63) is 84.4 Å². The fraction of sp³-hybridized carbons (Fsp3) is 0.290. The van der Waals surface area contributed by atoms with Crippen molar-refractivity contribution in [3.8, 4) is 17.7 Å². The van der Waals surface area contributed by atoms with Gasteiger partial charge >= 0.3 is 0 Å².